The van der Waals surface area contributed by atoms with Crippen LogP contribution in [0.25, 0.3) is 0 Å². The van der Waals surface area contributed by atoms with E-state index in [-0.39, 0.29) is 23.7 Å². The quantitative estimate of drug-likeness (QED) is 0.564. The number of aliphatic hydroxyl groups is 3. The average Bonchev–Trinajstić information content (AvgIpc) is 2.75. The van der Waals surface area contributed by atoms with Gasteiger partial charge in [0.15, 0.2) is 11.5 Å². The van der Waals surface area contributed by atoms with Crippen molar-refractivity contribution in [3.8, 4) is 0 Å². The molecule has 7 nitrogen and oxygen atoms in total. The number of aliphatic hydroxyl groups excluding tert-OH is 2. The number of ketones is 1. The molecule has 3 N–H and O–H groups in total. The third-order valence-electron chi connectivity index (χ3n) is 8.83. The monoisotopic (exact) mass is 380 g/mol. The van der Waals surface area contributed by atoms with Gasteiger partial charge in [0.05, 0.1) is 18.8 Å². The number of carbonyl (C=O) groups is 2. The summed E-state index contributed by atoms with van der Waals surface area (Å²) in [5.41, 5.74) is -2.75. The largest absolute Gasteiger partial charge is 0.456 e. The topological polar surface area (TPSA) is 113 Å². The van der Waals surface area contributed by atoms with E-state index in [9.17, 15) is 24.9 Å². The first-order valence-electron chi connectivity index (χ1n) is 9.99. The van der Waals surface area contributed by atoms with E-state index in [1.165, 1.54) is 6.92 Å². The highest BCUT2D eigenvalue weighted by Crippen LogP contribution is 2.76. The summed E-state index contributed by atoms with van der Waals surface area (Å²) in [4.78, 5) is 25.4. The van der Waals surface area contributed by atoms with Gasteiger partial charge in [-0.15, -0.1) is 0 Å². The number of fused-ring (bicyclic) bond motifs is 1. The zero-order chi connectivity index (χ0) is 19.6. The van der Waals surface area contributed by atoms with Crippen molar-refractivity contribution in [2.24, 2.45) is 34.0 Å². The van der Waals surface area contributed by atoms with Crippen molar-refractivity contribution in [3.63, 3.8) is 0 Å². The third-order valence-corrected chi connectivity index (χ3v) is 8.83. The summed E-state index contributed by atoms with van der Waals surface area (Å²) in [6, 6.07) is 0. The van der Waals surface area contributed by atoms with E-state index in [2.05, 4.69) is 13.8 Å². The van der Waals surface area contributed by atoms with Gasteiger partial charge in [0.2, 0.25) is 5.79 Å². The van der Waals surface area contributed by atoms with Gasteiger partial charge < -0.3 is 24.8 Å². The number of hydrogen-bond acceptors (Lipinski definition) is 7. The Morgan fingerprint density at radius 2 is 1.89 bits per heavy atom. The Labute approximate surface area is 158 Å². The fraction of sp³-hybridized carbons (Fsp3) is 0.900. The van der Waals surface area contributed by atoms with E-state index < -0.39 is 52.7 Å². The average molecular weight is 380 g/mol. The standard InChI is InChI=1S/C20H28O7/c1-9(21)10-4-5-11-18-8-26-20(25)15(27-16(24)19(11,20)14(10)23)13(18)17(2,3)7-6-12(18)22/h10-15,22-23,25H,4-8H2,1-3H3/t10-,11?,12-,13+,14+,15-,18+,19+,20-/m0/s1. The second kappa shape index (κ2) is 4.93. The van der Waals surface area contributed by atoms with Crippen molar-refractivity contribution in [3.05, 3.63) is 0 Å². The summed E-state index contributed by atoms with van der Waals surface area (Å²) in [7, 11) is 0. The molecular weight excluding hydrogens is 352 g/mol. The first-order valence-corrected chi connectivity index (χ1v) is 9.99. The van der Waals surface area contributed by atoms with E-state index in [4.69, 9.17) is 9.47 Å². The molecule has 0 aromatic rings. The maximum absolute atomic E-state index is 13.2. The number of Topliss-reactive ketones (excluding diaryl/α,β-unsaturated/α-hetero) is 1. The van der Waals surface area contributed by atoms with Crippen molar-refractivity contribution in [2.75, 3.05) is 6.61 Å². The Kier molecular flexibility index (Phi) is 3.29. The summed E-state index contributed by atoms with van der Waals surface area (Å²) in [5.74, 6) is -4.37. The molecule has 0 amide bonds. The van der Waals surface area contributed by atoms with Crippen LogP contribution in [0.4, 0.5) is 0 Å². The number of ether oxygens (including phenoxy) is 2. The minimum atomic E-state index is -1.97. The van der Waals surface area contributed by atoms with Gasteiger partial charge in [0.1, 0.15) is 5.78 Å². The van der Waals surface area contributed by atoms with Crippen molar-refractivity contribution in [2.45, 2.75) is 70.6 Å². The first kappa shape index (κ1) is 18.0. The molecular formula is C20H28O7. The van der Waals surface area contributed by atoms with Crippen LogP contribution in [0, 0.1) is 34.0 Å². The summed E-state index contributed by atoms with van der Waals surface area (Å²) in [6.45, 7) is 5.70. The molecule has 150 valence electrons. The lowest BCUT2D eigenvalue weighted by atomic mass is 9.35. The molecule has 3 aliphatic carbocycles. The Morgan fingerprint density at radius 1 is 1.19 bits per heavy atom. The van der Waals surface area contributed by atoms with Crippen LogP contribution in [-0.2, 0) is 19.1 Å². The normalized spacial score (nSPS) is 57.6. The van der Waals surface area contributed by atoms with Gasteiger partial charge in [-0.05, 0) is 43.9 Å². The zero-order valence-corrected chi connectivity index (χ0v) is 16.0. The van der Waals surface area contributed by atoms with E-state index >= 15 is 0 Å². The lowest BCUT2D eigenvalue weighted by molar-refractivity contribution is -0.435. The Hall–Kier alpha value is -1.02. The number of hydrogen-bond donors (Lipinski definition) is 3. The van der Waals surface area contributed by atoms with E-state index in [0.717, 1.165) is 6.42 Å². The molecule has 2 spiro atoms. The van der Waals surface area contributed by atoms with Crippen molar-refractivity contribution >= 4 is 11.8 Å². The van der Waals surface area contributed by atoms with Gasteiger partial charge in [-0.3, -0.25) is 9.59 Å². The molecule has 6 fully saturated rings. The zero-order valence-electron chi connectivity index (χ0n) is 16.0. The second-order valence-corrected chi connectivity index (χ2v) is 10.1. The summed E-state index contributed by atoms with van der Waals surface area (Å²) >= 11 is 0. The predicted molar refractivity (Wildman–Crippen MR) is 91.1 cm³/mol. The van der Waals surface area contributed by atoms with Gasteiger partial charge in [-0.1, -0.05) is 13.8 Å². The van der Waals surface area contributed by atoms with Crippen molar-refractivity contribution in [1.82, 2.24) is 0 Å². The minimum Gasteiger partial charge on any atom is -0.456 e. The molecule has 3 heterocycles. The number of rotatable bonds is 1. The van der Waals surface area contributed by atoms with Crippen LogP contribution in [0.3, 0.4) is 0 Å². The number of esters is 1. The first-order chi connectivity index (χ1) is 12.5. The molecule has 4 bridgehead atoms. The minimum absolute atomic E-state index is 0.135. The van der Waals surface area contributed by atoms with Gasteiger partial charge in [-0.2, -0.15) is 0 Å². The molecule has 0 radical (unpaired) electrons. The third kappa shape index (κ3) is 1.63. The molecule has 3 saturated carbocycles. The molecule has 3 saturated heterocycles. The smallest absolute Gasteiger partial charge is 0.321 e. The predicted octanol–water partition coefficient (Wildman–Crippen LogP) is 0.390. The lowest BCUT2D eigenvalue weighted by Crippen LogP contribution is -2.83. The summed E-state index contributed by atoms with van der Waals surface area (Å²) < 4.78 is 11.6. The maximum Gasteiger partial charge on any atom is 0.321 e. The van der Waals surface area contributed by atoms with Crippen LogP contribution in [0.5, 0.6) is 0 Å². The van der Waals surface area contributed by atoms with Crippen LogP contribution < -0.4 is 0 Å². The maximum atomic E-state index is 13.2. The summed E-state index contributed by atoms with van der Waals surface area (Å²) in [6.07, 6.45) is -0.805. The molecule has 0 aromatic heterocycles. The van der Waals surface area contributed by atoms with E-state index in [1.54, 1.807) is 0 Å². The van der Waals surface area contributed by atoms with Gasteiger partial charge in [-0.25, -0.2) is 0 Å². The molecule has 0 aromatic carbocycles. The van der Waals surface area contributed by atoms with Crippen LogP contribution >= 0.6 is 0 Å². The van der Waals surface area contributed by atoms with Crippen LogP contribution in [0.2, 0.25) is 0 Å². The fourth-order valence-electron chi connectivity index (χ4n) is 7.80. The number of carbonyl (C=O) groups excluding carboxylic acids is 2. The van der Waals surface area contributed by atoms with E-state index in [0.29, 0.717) is 19.3 Å². The van der Waals surface area contributed by atoms with Crippen LogP contribution in [0.15, 0.2) is 0 Å². The Bertz CT molecular complexity index is 734. The van der Waals surface area contributed by atoms with Crippen LogP contribution in [0.1, 0.15) is 46.5 Å². The van der Waals surface area contributed by atoms with Crippen molar-refractivity contribution in [1.29, 1.82) is 0 Å². The molecule has 1 unspecified atom stereocenters. The second-order valence-electron chi connectivity index (χ2n) is 10.1. The Morgan fingerprint density at radius 3 is 2.56 bits per heavy atom. The molecule has 7 heteroatoms. The van der Waals surface area contributed by atoms with Crippen LogP contribution in [-0.4, -0.2) is 57.8 Å². The molecule has 27 heavy (non-hydrogen) atoms. The molecule has 9 atom stereocenters. The molecule has 6 aliphatic rings. The SMILES string of the molecule is CC(=O)[C@@H]1CCC2[C@@]34CO[C@@]5(O)[C@@H](OC(=O)[C@]25[C@@H]1O)[C@@H]3C(C)(C)CC[C@@H]4O. The highest BCUT2D eigenvalue weighted by atomic mass is 16.7. The Balaban J connectivity index is 1.77. The van der Waals surface area contributed by atoms with Gasteiger partial charge in [0.25, 0.3) is 0 Å². The van der Waals surface area contributed by atoms with Crippen molar-refractivity contribution < 1.29 is 34.4 Å². The molecule has 6 rings (SSSR count). The molecule has 3 aliphatic heterocycles. The van der Waals surface area contributed by atoms with E-state index in [1.807, 2.05) is 0 Å². The van der Waals surface area contributed by atoms with Gasteiger partial charge in [0, 0.05) is 17.3 Å². The lowest BCUT2D eigenvalue weighted by Gasteiger charge is -2.72. The highest BCUT2D eigenvalue weighted by Gasteiger charge is 2.89. The summed E-state index contributed by atoms with van der Waals surface area (Å²) in [5, 5.41) is 34.1. The highest BCUT2D eigenvalue weighted by molar-refractivity contribution is 5.87. The van der Waals surface area contributed by atoms with Gasteiger partial charge >= 0.3 is 5.97 Å². The fourth-order valence-corrected chi connectivity index (χ4v) is 7.80.